The molecule has 0 spiro atoms. The highest BCUT2D eigenvalue weighted by atomic mass is 31.2. The third kappa shape index (κ3) is 51.5. The number of ether oxygens (including phenoxy) is 2. The van der Waals surface area contributed by atoms with Crippen LogP contribution in [0.5, 0.6) is 0 Å². The van der Waals surface area contributed by atoms with E-state index in [0.717, 1.165) is 96.3 Å². The molecule has 0 heterocycles. The van der Waals surface area contributed by atoms with E-state index in [4.69, 9.17) is 18.5 Å². The summed E-state index contributed by atoms with van der Waals surface area (Å²) >= 11 is 0. The fourth-order valence-corrected chi connectivity index (χ4v) is 6.68. The lowest BCUT2D eigenvalue weighted by Crippen LogP contribution is -2.37. The lowest BCUT2D eigenvalue weighted by molar-refractivity contribution is -0.870. The molecule has 0 aromatic rings. The number of phosphoric acid groups is 1. The van der Waals surface area contributed by atoms with Crippen LogP contribution in [0.2, 0.25) is 0 Å². The molecule has 0 aliphatic rings. The van der Waals surface area contributed by atoms with Gasteiger partial charge in [-0.25, -0.2) is 0 Å². The Labute approximate surface area is 398 Å². The van der Waals surface area contributed by atoms with Crippen molar-refractivity contribution in [1.29, 1.82) is 0 Å². The average Bonchev–Trinajstić information content (AvgIpc) is 3.27. The summed E-state index contributed by atoms with van der Waals surface area (Å²) in [5.41, 5.74) is 0. The second-order valence-electron chi connectivity index (χ2n) is 17.1. The third-order valence-corrected chi connectivity index (χ3v) is 10.7. The normalized spacial score (nSPS) is 14.7. The Hall–Kier alpha value is -3.36. The number of hydrogen-bond acceptors (Lipinski definition) is 7. The van der Waals surface area contributed by atoms with Crippen molar-refractivity contribution < 1.29 is 37.3 Å². The molecule has 0 radical (unpaired) electrons. The molecule has 9 heteroatoms. The minimum atomic E-state index is -4.56. The number of hydrogen-bond donors (Lipinski definition) is 0. The molecule has 0 aromatic heterocycles. The van der Waals surface area contributed by atoms with Gasteiger partial charge in [-0.2, -0.15) is 0 Å². The summed E-state index contributed by atoms with van der Waals surface area (Å²) in [5.74, 6) is -0.425. The maximum atomic E-state index is 12.7. The van der Waals surface area contributed by atoms with Crippen LogP contribution in [0.4, 0.5) is 0 Å². The zero-order valence-corrected chi connectivity index (χ0v) is 42.5. The standard InChI is InChI=1S/C56H92NO7P/c1-6-8-10-12-14-16-18-20-22-24-26-27-28-29-30-32-34-36-38-40-42-44-46-48-51-61-53-55(54-63-65(59,60)62-52-50-57(3,4)5)64-56(58)49-47-45-43-41-39-37-35-33-31-25-23-21-19-17-15-13-11-9-7-2/h8-11,14-17,20-23,26-27,29-31,33,37,39,43,45,55H,6-7,12-13,18-19,24-25,28,32,34-36,38,40-42,44,46-54H2,1-5H3/b10-8-,11-9-,16-14-,17-15-,22-20-,23-21-,27-26-,30-29-,33-31-,39-37-,45-43-. The van der Waals surface area contributed by atoms with E-state index < -0.39 is 19.9 Å². The van der Waals surface area contributed by atoms with Crippen LogP contribution in [0, 0.1) is 0 Å². The summed E-state index contributed by atoms with van der Waals surface area (Å²) in [6.07, 6.45) is 69.2. The van der Waals surface area contributed by atoms with Crippen molar-refractivity contribution in [3.63, 3.8) is 0 Å². The van der Waals surface area contributed by atoms with E-state index in [1.165, 1.54) is 32.1 Å². The maximum Gasteiger partial charge on any atom is 0.306 e. The van der Waals surface area contributed by atoms with E-state index in [2.05, 4.69) is 135 Å². The molecule has 0 rings (SSSR count). The number of phosphoric ester groups is 1. The van der Waals surface area contributed by atoms with Gasteiger partial charge in [0.1, 0.15) is 19.3 Å². The van der Waals surface area contributed by atoms with Crippen molar-refractivity contribution in [2.24, 2.45) is 0 Å². The Morgan fingerprint density at radius 3 is 1.26 bits per heavy atom. The van der Waals surface area contributed by atoms with Crippen LogP contribution < -0.4 is 4.89 Å². The first kappa shape index (κ1) is 61.6. The quantitative estimate of drug-likeness (QED) is 0.0197. The number of unbranched alkanes of at least 4 members (excludes halogenated alkanes) is 8. The highest BCUT2D eigenvalue weighted by molar-refractivity contribution is 7.45. The number of allylic oxidation sites excluding steroid dienone is 22. The maximum absolute atomic E-state index is 12.7. The van der Waals surface area contributed by atoms with Gasteiger partial charge in [-0.15, -0.1) is 0 Å². The molecule has 2 unspecified atom stereocenters. The molecular formula is C56H92NO7P. The van der Waals surface area contributed by atoms with Gasteiger partial charge in [0.2, 0.25) is 0 Å². The second-order valence-corrected chi connectivity index (χ2v) is 18.5. The smallest absolute Gasteiger partial charge is 0.306 e. The Balaban J connectivity index is 4.32. The summed E-state index contributed by atoms with van der Waals surface area (Å²) in [4.78, 5) is 25.1. The highest BCUT2D eigenvalue weighted by Gasteiger charge is 2.20. The lowest BCUT2D eigenvalue weighted by atomic mass is 10.1. The zero-order valence-electron chi connectivity index (χ0n) is 41.6. The molecule has 368 valence electrons. The van der Waals surface area contributed by atoms with E-state index in [1.807, 2.05) is 33.3 Å². The topological polar surface area (TPSA) is 94.1 Å². The molecule has 2 atom stereocenters. The van der Waals surface area contributed by atoms with Crippen LogP contribution in [-0.2, 0) is 27.9 Å². The van der Waals surface area contributed by atoms with Crippen LogP contribution in [0.25, 0.3) is 0 Å². The highest BCUT2D eigenvalue weighted by Crippen LogP contribution is 2.38. The van der Waals surface area contributed by atoms with Gasteiger partial charge in [0.05, 0.1) is 34.4 Å². The van der Waals surface area contributed by atoms with Gasteiger partial charge in [0.15, 0.2) is 0 Å². The molecule has 0 fully saturated rings. The number of carbonyl (C=O) groups excluding carboxylic acids is 1. The van der Waals surface area contributed by atoms with Crippen molar-refractivity contribution >= 4 is 13.8 Å². The molecule has 0 N–H and O–H groups in total. The van der Waals surface area contributed by atoms with Crippen LogP contribution >= 0.6 is 7.82 Å². The second kappa shape index (κ2) is 47.1. The molecular weight excluding hydrogens is 830 g/mol. The fraction of sp³-hybridized carbons (Fsp3) is 0.589. The van der Waals surface area contributed by atoms with Gasteiger partial charge < -0.3 is 27.9 Å². The Kier molecular flexibility index (Phi) is 44.7. The van der Waals surface area contributed by atoms with Crippen molar-refractivity contribution in [1.82, 2.24) is 0 Å². The summed E-state index contributed by atoms with van der Waals surface area (Å²) in [7, 11) is 1.28. The minimum absolute atomic E-state index is 0.00227. The number of esters is 1. The Morgan fingerprint density at radius 2 is 0.846 bits per heavy atom. The third-order valence-electron chi connectivity index (χ3n) is 9.71. The van der Waals surface area contributed by atoms with Gasteiger partial charge in [-0.1, -0.05) is 186 Å². The molecule has 0 saturated carbocycles. The number of carbonyl (C=O) groups is 1. The number of rotatable bonds is 44. The van der Waals surface area contributed by atoms with E-state index in [1.54, 1.807) is 0 Å². The number of nitrogens with zero attached hydrogens (tertiary/aromatic N) is 1. The molecule has 0 amide bonds. The Morgan fingerprint density at radius 1 is 0.477 bits per heavy atom. The van der Waals surface area contributed by atoms with Gasteiger partial charge in [0.25, 0.3) is 7.82 Å². The number of quaternary nitrogens is 1. The van der Waals surface area contributed by atoms with Gasteiger partial charge in [0, 0.05) is 13.0 Å². The van der Waals surface area contributed by atoms with E-state index in [9.17, 15) is 14.3 Å². The molecule has 0 aliphatic heterocycles. The van der Waals surface area contributed by atoms with Crippen LogP contribution in [0.3, 0.4) is 0 Å². The van der Waals surface area contributed by atoms with Gasteiger partial charge in [-0.05, 0) is 96.3 Å². The van der Waals surface area contributed by atoms with E-state index >= 15 is 0 Å². The van der Waals surface area contributed by atoms with Crippen LogP contribution in [-0.4, -0.2) is 70.7 Å². The minimum Gasteiger partial charge on any atom is -0.756 e. The van der Waals surface area contributed by atoms with Crippen molar-refractivity contribution in [2.75, 3.05) is 54.1 Å². The Bertz CT molecular complexity index is 1490. The average molecular weight is 922 g/mol. The predicted molar refractivity (Wildman–Crippen MR) is 277 cm³/mol. The van der Waals surface area contributed by atoms with Gasteiger partial charge >= 0.3 is 5.97 Å². The summed E-state index contributed by atoms with van der Waals surface area (Å²) < 4.78 is 34.6. The van der Waals surface area contributed by atoms with Crippen LogP contribution in [0.1, 0.15) is 155 Å². The molecule has 0 bridgehead atoms. The van der Waals surface area contributed by atoms with Crippen molar-refractivity contribution in [3.05, 3.63) is 134 Å². The van der Waals surface area contributed by atoms with E-state index in [0.29, 0.717) is 24.1 Å². The van der Waals surface area contributed by atoms with Crippen molar-refractivity contribution in [3.8, 4) is 0 Å². The first-order valence-electron chi connectivity index (χ1n) is 24.9. The zero-order chi connectivity index (χ0) is 47.6. The molecule has 0 saturated heterocycles. The molecule has 8 nitrogen and oxygen atoms in total. The molecule has 0 aliphatic carbocycles. The summed E-state index contributed by atoms with van der Waals surface area (Å²) in [6.45, 7) is 5.02. The SMILES string of the molecule is CC/C=C\C/C=C\C/C=C\C/C=C\C/C=C\C/C=C\CCC(=O)OC(COCCCCCCCCCC/C=C\C/C=C\C/C=C\C/C=C\C/C=C\CC)COP(=O)([O-])OCC[N+](C)(C)C. The number of likely N-dealkylation sites (N-methyl/N-ethyl adjacent to an activating group) is 1. The lowest BCUT2D eigenvalue weighted by Gasteiger charge is -2.28. The first-order valence-corrected chi connectivity index (χ1v) is 26.4. The summed E-state index contributed by atoms with van der Waals surface area (Å²) in [6, 6.07) is 0. The monoisotopic (exact) mass is 922 g/mol. The largest absolute Gasteiger partial charge is 0.756 e. The molecule has 65 heavy (non-hydrogen) atoms. The fourth-order valence-electron chi connectivity index (χ4n) is 5.95. The predicted octanol–water partition coefficient (Wildman–Crippen LogP) is 14.9. The first-order chi connectivity index (χ1) is 31.6. The van der Waals surface area contributed by atoms with Crippen molar-refractivity contribution in [2.45, 2.75) is 161 Å². The van der Waals surface area contributed by atoms with Gasteiger partial charge in [-0.3, -0.25) is 9.36 Å². The summed E-state index contributed by atoms with van der Waals surface area (Å²) in [5, 5.41) is 0. The molecule has 0 aromatic carbocycles. The van der Waals surface area contributed by atoms with Crippen LogP contribution in [0.15, 0.2) is 134 Å². The van der Waals surface area contributed by atoms with E-state index in [-0.39, 0.29) is 26.2 Å².